The lowest BCUT2D eigenvalue weighted by molar-refractivity contribution is 0.0942. The lowest BCUT2D eigenvalue weighted by Gasteiger charge is -2.04. The zero-order valence-corrected chi connectivity index (χ0v) is 13.3. The third-order valence-electron chi connectivity index (χ3n) is 3.75. The molecule has 0 unspecified atom stereocenters. The maximum Gasteiger partial charge on any atom is 0.267 e. The fourth-order valence-corrected chi connectivity index (χ4v) is 2.57. The van der Waals surface area contributed by atoms with Crippen LogP contribution in [0.15, 0.2) is 42.5 Å². The number of carbonyl (C=O) groups is 2. The fraction of sp³-hybridized carbons (Fsp3) is 0.111. The first-order chi connectivity index (χ1) is 12.0. The fourth-order valence-electron chi connectivity index (χ4n) is 2.57. The highest BCUT2D eigenvalue weighted by Gasteiger charge is 2.16. The van der Waals surface area contributed by atoms with Gasteiger partial charge in [0, 0.05) is 19.0 Å². The van der Waals surface area contributed by atoms with Crippen LogP contribution in [0.2, 0.25) is 0 Å². The minimum Gasteiger partial charge on any atom is -0.355 e. The van der Waals surface area contributed by atoms with Gasteiger partial charge in [-0.1, -0.05) is 12.1 Å². The van der Waals surface area contributed by atoms with Crippen LogP contribution in [0, 0.1) is 11.6 Å². The molecule has 1 heterocycles. The van der Waals surface area contributed by atoms with Gasteiger partial charge in [-0.2, -0.15) is 0 Å². The number of hydrogen-bond acceptors (Lipinski definition) is 2. The summed E-state index contributed by atoms with van der Waals surface area (Å²) in [5, 5.41) is 5.49. The van der Waals surface area contributed by atoms with Gasteiger partial charge in [-0.3, -0.25) is 9.59 Å². The summed E-state index contributed by atoms with van der Waals surface area (Å²) < 4.78 is 26.8. The van der Waals surface area contributed by atoms with Gasteiger partial charge in [-0.15, -0.1) is 0 Å². The summed E-state index contributed by atoms with van der Waals surface area (Å²) in [5.74, 6) is -1.86. The number of rotatable bonds is 4. The Bertz CT molecular complexity index is 966. The van der Waals surface area contributed by atoms with Crippen molar-refractivity contribution < 1.29 is 18.4 Å². The topological polar surface area (TPSA) is 74.0 Å². The van der Waals surface area contributed by atoms with Gasteiger partial charge in [0.15, 0.2) is 0 Å². The molecule has 3 rings (SSSR count). The molecule has 0 aliphatic heterocycles. The number of fused-ring (bicyclic) bond motifs is 1. The molecule has 2 aromatic carbocycles. The molecule has 2 amide bonds. The van der Waals surface area contributed by atoms with E-state index in [1.54, 1.807) is 12.1 Å². The molecule has 3 aromatic rings. The molecule has 0 saturated carbocycles. The molecule has 128 valence electrons. The first-order valence-corrected chi connectivity index (χ1v) is 7.55. The zero-order chi connectivity index (χ0) is 18.0. The number of carbonyl (C=O) groups excluding carboxylic acids is 2. The zero-order valence-electron chi connectivity index (χ0n) is 13.3. The molecular weight excluding hydrogens is 328 g/mol. The Labute approximate surface area is 142 Å². The van der Waals surface area contributed by atoms with Gasteiger partial charge in [0.05, 0.1) is 11.1 Å². The summed E-state index contributed by atoms with van der Waals surface area (Å²) in [7, 11) is 1.44. The summed E-state index contributed by atoms with van der Waals surface area (Å²) in [6, 6.07) is 9.69. The quantitative estimate of drug-likeness (QED) is 0.681. The minimum atomic E-state index is -0.572. The molecule has 7 heteroatoms. The lowest BCUT2D eigenvalue weighted by Crippen LogP contribution is -2.23. The summed E-state index contributed by atoms with van der Waals surface area (Å²) in [5.41, 5.74) is 1.28. The van der Waals surface area contributed by atoms with Crippen LogP contribution in [0.1, 0.15) is 26.4 Å². The number of halogens is 2. The van der Waals surface area contributed by atoms with Crippen LogP contribution in [0.3, 0.4) is 0 Å². The number of hydrogen-bond donors (Lipinski definition) is 3. The van der Waals surface area contributed by atoms with Crippen LogP contribution in [-0.4, -0.2) is 23.8 Å². The second-order valence-electron chi connectivity index (χ2n) is 5.49. The molecule has 0 atom stereocenters. The third kappa shape index (κ3) is 3.50. The Kier molecular flexibility index (Phi) is 4.47. The van der Waals surface area contributed by atoms with Gasteiger partial charge in [0.25, 0.3) is 11.8 Å². The largest absolute Gasteiger partial charge is 0.355 e. The highest BCUT2D eigenvalue weighted by Crippen LogP contribution is 2.21. The van der Waals surface area contributed by atoms with Crippen molar-refractivity contribution >= 4 is 22.7 Å². The van der Waals surface area contributed by atoms with Crippen LogP contribution < -0.4 is 10.6 Å². The molecule has 0 fully saturated rings. The Morgan fingerprint density at radius 1 is 1.04 bits per heavy atom. The average Bonchev–Trinajstić information content (AvgIpc) is 3.02. The SMILES string of the molecule is CNC(=O)c1cc(F)cc2cc(C(=O)NCc3cccc(F)c3)[nH]c12. The third-order valence-corrected chi connectivity index (χ3v) is 3.75. The van der Waals surface area contributed by atoms with E-state index in [9.17, 15) is 18.4 Å². The van der Waals surface area contributed by atoms with Crippen molar-refractivity contribution in [3.63, 3.8) is 0 Å². The van der Waals surface area contributed by atoms with Gasteiger partial charge in [0.2, 0.25) is 0 Å². The van der Waals surface area contributed by atoms with E-state index in [4.69, 9.17) is 0 Å². The second-order valence-corrected chi connectivity index (χ2v) is 5.49. The maximum atomic E-state index is 13.7. The average molecular weight is 343 g/mol. The van der Waals surface area contributed by atoms with Gasteiger partial charge in [-0.25, -0.2) is 8.78 Å². The summed E-state index contributed by atoms with van der Waals surface area (Å²) >= 11 is 0. The minimum absolute atomic E-state index is 0.113. The normalized spacial score (nSPS) is 10.7. The number of aromatic nitrogens is 1. The standard InChI is InChI=1S/C18H15F2N3O2/c1-21-17(24)14-8-13(20)6-11-7-15(23-16(11)14)18(25)22-9-10-3-2-4-12(19)5-10/h2-8,23H,9H2,1H3,(H,21,24)(H,22,25). The van der Waals surface area contributed by atoms with Crippen LogP contribution in [0.5, 0.6) is 0 Å². The van der Waals surface area contributed by atoms with Crippen molar-refractivity contribution in [1.82, 2.24) is 15.6 Å². The van der Waals surface area contributed by atoms with E-state index < -0.39 is 17.6 Å². The van der Waals surface area contributed by atoms with Crippen molar-refractivity contribution in [1.29, 1.82) is 0 Å². The Morgan fingerprint density at radius 2 is 1.84 bits per heavy atom. The van der Waals surface area contributed by atoms with Gasteiger partial charge >= 0.3 is 0 Å². The molecule has 5 nitrogen and oxygen atoms in total. The molecule has 0 aliphatic rings. The molecule has 25 heavy (non-hydrogen) atoms. The molecule has 0 saturated heterocycles. The monoisotopic (exact) mass is 343 g/mol. The van der Waals surface area contributed by atoms with Crippen LogP contribution in [0.25, 0.3) is 10.9 Å². The Morgan fingerprint density at radius 3 is 2.56 bits per heavy atom. The molecule has 0 bridgehead atoms. The van der Waals surface area contributed by atoms with Crippen molar-refractivity contribution in [2.75, 3.05) is 7.05 Å². The lowest BCUT2D eigenvalue weighted by atomic mass is 10.1. The first kappa shape index (κ1) is 16.6. The van der Waals surface area contributed by atoms with Crippen molar-refractivity contribution in [3.05, 3.63) is 70.9 Å². The first-order valence-electron chi connectivity index (χ1n) is 7.55. The highest BCUT2D eigenvalue weighted by molar-refractivity contribution is 6.08. The number of nitrogens with one attached hydrogen (secondary N) is 3. The second kappa shape index (κ2) is 6.72. The van der Waals surface area contributed by atoms with Crippen LogP contribution >= 0.6 is 0 Å². The smallest absolute Gasteiger partial charge is 0.267 e. The van der Waals surface area contributed by atoms with Crippen molar-refractivity contribution in [2.24, 2.45) is 0 Å². The van der Waals surface area contributed by atoms with E-state index >= 15 is 0 Å². The Balaban J connectivity index is 1.86. The number of benzene rings is 2. The van der Waals surface area contributed by atoms with E-state index in [2.05, 4.69) is 15.6 Å². The number of amides is 2. The number of aromatic amines is 1. The van der Waals surface area contributed by atoms with Gasteiger partial charge < -0.3 is 15.6 Å². The van der Waals surface area contributed by atoms with Crippen molar-refractivity contribution in [2.45, 2.75) is 6.54 Å². The molecule has 0 aliphatic carbocycles. The van der Waals surface area contributed by atoms with E-state index in [1.165, 1.54) is 31.3 Å². The van der Waals surface area contributed by atoms with Crippen LogP contribution in [0.4, 0.5) is 8.78 Å². The van der Waals surface area contributed by atoms with E-state index in [0.717, 1.165) is 6.07 Å². The van der Waals surface area contributed by atoms with Crippen LogP contribution in [-0.2, 0) is 6.54 Å². The van der Waals surface area contributed by atoms with Gasteiger partial charge in [0.1, 0.15) is 17.3 Å². The predicted octanol–water partition coefficient (Wildman–Crippen LogP) is 2.74. The van der Waals surface area contributed by atoms with E-state index in [0.29, 0.717) is 16.5 Å². The molecule has 0 radical (unpaired) electrons. The highest BCUT2D eigenvalue weighted by atomic mass is 19.1. The maximum absolute atomic E-state index is 13.7. The molecule has 0 spiro atoms. The predicted molar refractivity (Wildman–Crippen MR) is 89.2 cm³/mol. The molecule has 1 aromatic heterocycles. The molecular formula is C18H15F2N3O2. The van der Waals surface area contributed by atoms with Crippen molar-refractivity contribution in [3.8, 4) is 0 Å². The molecule has 3 N–H and O–H groups in total. The van der Waals surface area contributed by atoms with Gasteiger partial charge in [-0.05, 0) is 35.9 Å². The Hall–Kier alpha value is -3.22. The summed E-state index contributed by atoms with van der Waals surface area (Å²) in [6.45, 7) is 0.141. The number of H-pyrrole nitrogens is 1. The van der Waals surface area contributed by atoms with E-state index in [1.807, 2.05) is 0 Å². The summed E-state index contributed by atoms with van der Waals surface area (Å²) in [6.07, 6.45) is 0. The summed E-state index contributed by atoms with van der Waals surface area (Å²) in [4.78, 5) is 27.0. The van der Waals surface area contributed by atoms with E-state index in [-0.39, 0.29) is 23.6 Å².